The van der Waals surface area contributed by atoms with Crippen LogP contribution in [0.1, 0.15) is 0 Å². The van der Waals surface area contributed by atoms with Crippen molar-refractivity contribution in [3.63, 3.8) is 0 Å². The van der Waals surface area contributed by atoms with E-state index in [-0.39, 0.29) is 5.82 Å². The zero-order valence-corrected chi connectivity index (χ0v) is 19.3. The van der Waals surface area contributed by atoms with E-state index >= 15 is 0 Å². The average molecular weight is 469 g/mol. The Kier molecular flexibility index (Phi) is 6.97. The summed E-state index contributed by atoms with van der Waals surface area (Å²) in [5.41, 5.74) is 3.60. The number of benzene rings is 2. The molecule has 2 aromatic heterocycles. The molecule has 0 aliphatic carbocycles. The first-order valence-electron chi connectivity index (χ1n) is 9.98. The van der Waals surface area contributed by atoms with Crippen LogP contribution in [-0.2, 0) is 0 Å². The molecular formula is C24H22ClFN4OS. The molecule has 2 aromatic carbocycles. The van der Waals surface area contributed by atoms with Crippen LogP contribution in [-0.4, -0.2) is 41.0 Å². The van der Waals surface area contributed by atoms with Crippen LogP contribution in [0.25, 0.3) is 16.9 Å². The molecular weight excluding hydrogens is 447 g/mol. The molecule has 0 aliphatic heterocycles. The standard InChI is InChI=1S/C24H22ClFN4OS/c1-29(19-9-11-27-12-10-19)13-14-32-24-28-16-22(21-8-5-18(26)15-23(21)31-2)30(24)20-6-3-17(25)4-7-20/h3-12,15-16H,13-14H2,1-2H3. The third kappa shape index (κ3) is 4.89. The Hall–Kier alpha value is -3.03. The molecule has 0 unspecified atom stereocenters. The van der Waals surface area contributed by atoms with Crippen molar-refractivity contribution in [2.24, 2.45) is 0 Å². The first-order valence-corrected chi connectivity index (χ1v) is 11.3. The zero-order chi connectivity index (χ0) is 22.5. The molecule has 0 radical (unpaired) electrons. The van der Waals surface area contributed by atoms with Gasteiger partial charge in [-0.2, -0.15) is 0 Å². The Balaban J connectivity index is 1.65. The van der Waals surface area contributed by atoms with Gasteiger partial charge < -0.3 is 9.64 Å². The molecule has 0 saturated heterocycles. The summed E-state index contributed by atoms with van der Waals surface area (Å²) in [4.78, 5) is 10.9. The largest absolute Gasteiger partial charge is 0.496 e. The first-order chi connectivity index (χ1) is 15.6. The topological polar surface area (TPSA) is 43.2 Å². The van der Waals surface area contributed by atoms with Crippen molar-refractivity contribution in [2.75, 3.05) is 31.4 Å². The van der Waals surface area contributed by atoms with Gasteiger partial charge in [-0.15, -0.1) is 0 Å². The van der Waals surface area contributed by atoms with Crippen LogP contribution in [0.5, 0.6) is 5.75 Å². The van der Waals surface area contributed by atoms with Crippen molar-refractivity contribution in [3.8, 4) is 22.7 Å². The van der Waals surface area contributed by atoms with E-state index in [2.05, 4.69) is 21.9 Å². The highest BCUT2D eigenvalue weighted by Crippen LogP contribution is 2.35. The number of nitrogens with zero attached hydrogens (tertiary/aromatic N) is 4. The van der Waals surface area contributed by atoms with E-state index in [9.17, 15) is 4.39 Å². The minimum Gasteiger partial charge on any atom is -0.496 e. The second-order valence-corrected chi connectivity index (χ2v) is 8.56. The van der Waals surface area contributed by atoms with Crippen LogP contribution in [0.4, 0.5) is 10.1 Å². The lowest BCUT2D eigenvalue weighted by atomic mass is 10.1. The van der Waals surface area contributed by atoms with Crippen molar-refractivity contribution in [1.29, 1.82) is 0 Å². The van der Waals surface area contributed by atoms with Gasteiger partial charge in [-0.25, -0.2) is 9.37 Å². The van der Waals surface area contributed by atoms with E-state index in [1.165, 1.54) is 19.2 Å². The molecule has 8 heteroatoms. The summed E-state index contributed by atoms with van der Waals surface area (Å²) in [6, 6.07) is 16.0. The van der Waals surface area contributed by atoms with Gasteiger partial charge in [0.1, 0.15) is 11.6 Å². The summed E-state index contributed by atoms with van der Waals surface area (Å²) in [5.74, 6) is 0.926. The molecule has 164 valence electrons. The zero-order valence-electron chi connectivity index (χ0n) is 17.7. The maximum atomic E-state index is 13.8. The molecule has 32 heavy (non-hydrogen) atoms. The van der Waals surface area contributed by atoms with Crippen molar-refractivity contribution in [2.45, 2.75) is 5.16 Å². The van der Waals surface area contributed by atoms with Crippen LogP contribution in [0.3, 0.4) is 0 Å². The van der Waals surface area contributed by atoms with Gasteiger partial charge in [0.2, 0.25) is 0 Å². The molecule has 4 aromatic rings. The van der Waals surface area contributed by atoms with Crippen LogP contribution < -0.4 is 9.64 Å². The summed E-state index contributed by atoms with van der Waals surface area (Å²) in [6.45, 7) is 0.831. The minimum absolute atomic E-state index is 0.350. The fourth-order valence-corrected chi connectivity index (χ4v) is 4.48. The van der Waals surface area contributed by atoms with E-state index in [1.54, 1.807) is 36.4 Å². The van der Waals surface area contributed by atoms with Gasteiger partial charge in [0.05, 0.1) is 19.0 Å². The van der Waals surface area contributed by atoms with E-state index < -0.39 is 0 Å². The lowest BCUT2D eigenvalue weighted by Gasteiger charge is -2.19. The average Bonchev–Trinajstić information content (AvgIpc) is 3.23. The number of hydrogen-bond donors (Lipinski definition) is 0. The van der Waals surface area contributed by atoms with Gasteiger partial charge in [-0.3, -0.25) is 9.55 Å². The molecule has 0 fully saturated rings. The Labute approximate surface area is 195 Å². The van der Waals surface area contributed by atoms with Crippen LogP contribution in [0.2, 0.25) is 5.02 Å². The van der Waals surface area contributed by atoms with Crippen LogP contribution in [0.15, 0.2) is 78.3 Å². The number of hydrogen-bond acceptors (Lipinski definition) is 5. The van der Waals surface area contributed by atoms with Crippen molar-refractivity contribution in [3.05, 3.63) is 84.0 Å². The molecule has 0 aliphatic rings. The van der Waals surface area contributed by atoms with Crippen molar-refractivity contribution < 1.29 is 9.13 Å². The van der Waals surface area contributed by atoms with Crippen molar-refractivity contribution >= 4 is 29.1 Å². The number of ether oxygens (including phenoxy) is 1. The molecule has 0 amide bonds. The predicted molar refractivity (Wildman–Crippen MR) is 129 cm³/mol. The summed E-state index contributed by atoms with van der Waals surface area (Å²) < 4.78 is 21.3. The monoisotopic (exact) mass is 468 g/mol. The van der Waals surface area contributed by atoms with Crippen LogP contribution in [0, 0.1) is 5.82 Å². The third-order valence-corrected chi connectivity index (χ3v) is 6.20. The number of pyridine rings is 1. The molecule has 0 bridgehead atoms. The number of halogens is 2. The number of thioether (sulfide) groups is 1. The second-order valence-electron chi connectivity index (χ2n) is 7.06. The second kappa shape index (κ2) is 10.1. The first kappa shape index (κ1) is 22.2. The fraction of sp³-hybridized carbons (Fsp3) is 0.167. The quantitative estimate of drug-likeness (QED) is 0.298. The van der Waals surface area contributed by atoms with Gasteiger partial charge in [-0.1, -0.05) is 23.4 Å². The lowest BCUT2D eigenvalue weighted by molar-refractivity contribution is 0.412. The Morgan fingerprint density at radius 2 is 1.84 bits per heavy atom. The van der Waals surface area contributed by atoms with Gasteiger partial charge in [0.25, 0.3) is 0 Å². The summed E-state index contributed by atoms with van der Waals surface area (Å²) in [6.07, 6.45) is 5.36. The lowest BCUT2D eigenvalue weighted by Crippen LogP contribution is -2.20. The molecule has 5 nitrogen and oxygen atoms in total. The minimum atomic E-state index is -0.350. The highest BCUT2D eigenvalue weighted by molar-refractivity contribution is 7.99. The smallest absolute Gasteiger partial charge is 0.173 e. The van der Waals surface area contributed by atoms with Gasteiger partial charge in [0, 0.05) is 59.8 Å². The molecule has 0 N–H and O–H groups in total. The van der Waals surface area contributed by atoms with E-state index in [1.807, 2.05) is 41.0 Å². The molecule has 0 saturated carbocycles. The summed E-state index contributed by atoms with van der Waals surface area (Å²) in [5, 5.41) is 1.49. The number of imidazole rings is 1. The highest BCUT2D eigenvalue weighted by atomic mass is 35.5. The Morgan fingerprint density at radius 1 is 1.09 bits per heavy atom. The molecule has 4 rings (SSSR count). The third-order valence-electron chi connectivity index (χ3n) is 5.02. The van der Waals surface area contributed by atoms with E-state index in [0.29, 0.717) is 10.8 Å². The van der Waals surface area contributed by atoms with E-state index in [4.69, 9.17) is 16.3 Å². The SMILES string of the molecule is COc1cc(F)ccc1-c1cnc(SCCN(C)c2ccncc2)n1-c1ccc(Cl)cc1. The normalized spacial score (nSPS) is 10.9. The number of aromatic nitrogens is 3. The molecule has 2 heterocycles. The molecule has 0 spiro atoms. The summed E-state index contributed by atoms with van der Waals surface area (Å²) >= 11 is 7.76. The molecule has 0 atom stereocenters. The number of anilines is 1. The maximum Gasteiger partial charge on any atom is 0.173 e. The Morgan fingerprint density at radius 3 is 2.56 bits per heavy atom. The van der Waals surface area contributed by atoms with Gasteiger partial charge >= 0.3 is 0 Å². The Bertz CT molecular complexity index is 1180. The number of methoxy groups -OCH3 is 1. The van der Waals surface area contributed by atoms with Crippen LogP contribution >= 0.6 is 23.4 Å². The van der Waals surface area contributed by atoms with Crippen molar-refractivity contribution in [1.82, 2.24) is 14.5 Å². The van der Waals surface area contributed by atoms with Gasteiger partial charge in [0.15, 0.2) is 5.16 Å². The fourth-order valence-electron chi connectivity index (χ4n) is 3.34. The summed E-state index contributed by atoms with van der Waals surface area (Å²) in [7, 11) is 3.59. The van der Waals surface area contributed by atoms with E-state index in [0.717, 1.165) is 40.1 Å². The highest BCUT2D eigenvalue weighted by Gasteiger charge is 2.18. The maximum absolute atomic E-state index is 13.8. The predicted octanol–water partition coefficient (Wildman–Crippen LogP) is 5.96. The number of rotatable bonds is 8. The van der Waals surface area contributed by atoms with Gasteiger partial charge in [-0.05, 0) is 48.5 Å².